The molecule has 0 aromatic heterocycles. The van der Waals surface area contributed by atoms with Crippen molar-refractivity contribution in [3.8, 4) is 0 Å². The third kappa shape index (κ3) is 3.75. The summed E-state index contributed by atoms with van der Waals surface area (Å²) in [6.45, 7) is 1.25. The van der Waals surface area contributed by atoms with Crippen LogP contribution in [0.1, 0.15) is 42.7 Å². The quantitative estimate of drug-likeness (QED) is 0.486. The summed E-state index contributed by atoms with van der Waals surface area (Å²) in [5, 5.41) is 6.27. The predicted molar refractivity (Wildman–Crippen MR) is 109 cm³/mol. The zero-order valence-electron chi connectivity index (χ0n) is 17.3. The van der Waals surface area contributed by atoms with E-state index in [9.17, 15) is 18.0 Å². The standard InChI is InChI=1S/C22H30F3N5O/c23-22(24,25)12-6-4-11(5-7-12)14-8-15(13-2-1-3-17-16(13)9-29-30-17)19(26)18-20(14)27-10-28-21(18)31/h4-7,13-20,27,29-30H,1-3,8-10,26H2,(H,28,31). The summed E-state index contributed by atoms with van der Waals surface area (Å²) in [7, 11) is 0. The fourth-order valence-electron chi connectivity index (χ4n) is 6.67. The number of amides is 1. The maximum absolute atomic E-state index is 13.1. The maximum atomic E-state index is 13.1. The number of benzene rings is 1. The number of carbonyl (C=O) groups excluding carboxylic acids is 1. The molecule has 0 bridgehead atoms. The largest absolute Gasteiger partial charge is 0.416 e. The summed E-state index contributed by atoms with van der Waals surface area (Å²) in [6.07, 6.45) is -0.252. The summed E-state index contributed by atoms with van der Waals surface area (Å²) in [4.78, 5) is 12.9. The summed E-state index contributed by atoms with van der Waals surface area (Å²) in [6, 6.07) is 5.44. The Labute approximate surface area is 179 Å². The smallest absolute Gasteiger partial charge is 0.343 e. The molecule has 8 unspecified atom stereocenters. The van der Waals surface area contributed by atoms with Crippen LogP contribution in [-0.2, 0) is 11.0 Å². The Bertz CT molecular complexity index is 816. The van der Waals surface area contributed by atoms with Gasteiger partial charge in [-0.1, -0.05) is 18.6 Å². The van der Waals surface area contributed by atoms with E-state index in [0.717, 1.165) is 49.9 Å². The molecule has 1 aromatic carbocycles. The van der Waals surface area contributed by atoms with Crippen molar-refractivity contribution in [1.29, 1.82) is 0 Å². The zero-order chi connectivity index (χ0) is 21.8. The minimum atomic E-state index is -4.36. The van der Waals surface area contributed by atoms with Crippen LogP contribution in [-0.4, -0.2) is 37.2 Å². The van der Waals surface area contributed by atoms with E-state index in [-0.39, 0.29) is 35.7 Å². The van der Waals surface area contributed by atoms with Gasteiger partial charge in [0.05, 0.1) is 18.2 Å². The van der Waals surface area contributed by atoms with Gasteiger partial charge in [-0.3, -0.25) is 21.0 Å². The molecule has 9 heteroatoms. The highest BCUT2D eigenvalue weighted by atomic mass is 19.4. The normalized spacial score (nSPS) is 40.7. The summed E-state index contributed by atoms with van der Waals surface area (Å²) in [5.41, 5.74) is 13.6. The molecule has 2 saturated carbocycles. The molecule has 1 aromatic rings. The molecule has 0 spiro atoms. The average molecular weight is 438 g/mol. The van der Waals surface area contributed by atoms with Gasteiger partial charge in [0.2, 0.25) is 5.91 Å². The van der Waals surface area contributed by atoms with E-state index in [2.05, 4.69) is 21.5 Å². The number of nitrogens with one attached hydrogen (secondary N) is 4. The van der Waals surface area contributed by atoms with Crippen LogP contribution in [0.3, 0.4) is 0 Å². The lowest BCUT2D eigenvalue weighted by molar-refractivity contribution is -0.137. The van der Waals surface area contributed by atoms with Crippen LogP contribution in [0.2, 0.25) is 0 Å². The number of nitrogens with two attached hydrogens (primary N) is 1. The number of alkyl halides is 3. The van der Waals surface area contributed by atoms with Gasteiger partial charge in [0.25, 0.3) is 0 Å². The van der Waals surface area contributed by atoms with Gasteiger partial charge < -0.3 is 11.1 Å². The minimum Gasteiger partial charge on any atom is -0.343 e. The Morgan fingerprint density at radius 2 is 1.81 bits per heavy atom. The van der Waals surface area contributed by atoms with Gasteiger partial charge in [-0.15, -0.1) is 0 Å². The lowest BCUT2D eigenvalue weighted by Crippen LogP contribution is -2.67. The Balaban J connectivity index is 1.47. The molecule has 6 nitrogen and oxygen atoms in total. The van der Waals surface area contributed by atoms with Gasteiger partial charge in [-0.05, 0) is 54.7 Å². The number of hydrazine groups is 1. The van der Waals surface area contributed by atoms with E-state index in [1.54, 1.807) is 12.1 Å². The number of halogens is 3. The van der Waals surface area contributed by atoms with Gasteiger partial charge in [0.1, 0.15) is 0 Å². The molecule has 5 rings (SSSR count). The fourth-order valence-corrected chi connectivity index (χ4v) is 6.67. The van der Waals surface area contributed by atoms with Crippen LogP contribution in [0, 0.1) is 23.7 Å². The van der Waals surface area contributed by atoms with Crippen molar-refractivity contribution >= 4 is 5.91 Å². The molecule has 170 valence electrons. The molecule has 1 amide bonds. The second kappa shape index (κ2) is 8.03. The van der Waals surface area contributed by atoms with E-state index in [0.29, 0.717) is 24.5 Å². The third-order valence-corrected chi connectivity index (χ3v) is 8.12. The molecule has 0 radical (unpaired) electrons. The summed E-state index contributed by atoms with van der Waals surface area (Å²) < 4.78 is 39.2. The van der Waals surface area contributed by atoms with Gasteiger partial charge in [-0.25, -0.2) is 0 Å². The van der Waals surface area contributed by atoms with Crippen LogP contribution in [0.25, 0.3) is 0 Å². The Hall–Kier alpha value is -1.68. The molecular weight excluding hydrogens is 407 g/mol. The third-order valence-electron chi connectivity index (χ3n) is 8.12. The van der Waals surface area contributed by atoms with E-state index in [1.807, 2.05) is 0 Å². The van der Waals surface area contributed by atoms with Crippen molar-refractivity contribution in [3.05, 3.63) is 35.4 Å². The molecule has 2 saturated heterocycles. The number of fused-ring (bicyclic) bond motifs is 2. The van der Waals surface area contributed by atoms with E-state index in [1.165, 1.54) is 0 Å². The zero-order valence-corrected chi connectivity index (χ0v) is 17.3. The van der Waals surface area contributed by atoms with Crippen molar-refractivity contribution in [2.24, 2.45) is 29.4 Å². The van der Waals surface area contributed by atoms with Gasteiger partial charge >= 0.3 is 6.18 Å². The second-order valence-electron chi connectivity index (χ2n) is 9.57. The first-order valence-corrected chi connectivity index (χ1v) is 11.3. The molecule has 31 heavy (non-hydrogen) atoms. The van der Waals surface area contributed by atoms with Crippen LogP contribution < -0.4 is 27.2 Å². The Morgan fingerprint density at radius 1 is 1.03 bits per heavy atom. The minimum absolute atomic E-state index is 0.0482. The van der Waals surface area contributed by atoms with Gasteiger partial charge in [0, 0.05) is 30.6 Å². The van der Waals surface area contributed by atoms with E-state index < -0.39 is 11.7 Å². The lowest BCUT2D eigenvalue weighted by Gasteiger charge is -2.52. The SMILES string of the molecule is NC1C(C2CCCC3NNCC32)CC(c2ccc(C(F)(F)F)cc2)C2NCNC(=O)C12. The first kappa shape index (κ1) is 21.2. The highest BCUT2D eigenvalue weighted by Crippen LogP contribution is 2.48. The molecule has 8 atom stereocenters. The van der Waals surface area contributed by atoms with Gasteiger partial charge in [-0.2, -0.15) is 13.2 Å². The molecular formula is C22H30F3N5O. The molecule has 6 N–H and O–H groups in total. The average Bonchev–Trinajstić information content (AvgIpc) is 3.23. The Morgan fingerprint density at radius 3 is 2.55 bits per heavy atom. The van der Waals surface area contributed by atoms with Crippen molar-refractivity contribution in [2.75, 3.05) is 13.2 Å². The number of rotatable bonds is 2. The Kier molecular flexibility index (Phi) is 5.48. The van der Waals surface area contributed by atoms with Crippen LogP contribution in [0.5, 0.6) is 0 Å². The first-order chi connectivity index (χ1) is 14.8. The first-order valence-electron chi connectivity index (χ1n) is 11.3. The fraction of sp³-hybridized carbons (Fsp3) is 0.682. The lowest BCUT2D eigenvalue weighted by atomic mass is 9.58. The van der Waals surface area contributed by atoms with E-state index >= 15 is 0 Å². The van der Waals surface area contributed by atoms with Crippen molar-refractivity contribution < 1.29 is 18.0 Å². The van der Waals surface area contributed by atoms with Crippen molar-refractivity contribution in [3.63, 3.8) is 0 Å². The molecule has 2 aliphatic heterocycles. The molecule has 2 aliphatic carbocycles. The number of carbonyl (C=O) groups is 1. The number of hydrogen-bond acceptors (Lipinski definition) is 5. The molecule has 4 aliphatic rings. The van der Waals surface area contributed by atoms with Gasteiger partial charge in [0.15, 0.2) is 0 Å². The second-order valence-corrected chi connectivity index (χ2v) is 9.57. The predicted octanol–water partition coefficient (Wildman–Crippen LogP) is 1.69. The van der Waals surface area contributed by atoms with Crippen molar-refractivity contribution in [2.45, 2.75) is 55.9 Å². The topological polar surface area (TPSA) is 91.2 Å². The summed E-state index contributed by atoms with van der Waals surface area (Å²) in [5.74, 6) is 0.521. The molecule has 4 fully saturated rings. The number of hydrogen-bond donors (Lipinski definition) is 5. The van der Waals surface area contributed by atoms with Crippen LogP contribution >= 0.6 is 0 Å². The molecule has 2 heterocycles. The summed E-state index contributed by atoms with van der Waals surface area (Å²) >= 11 is 0. The van der Waals surface area contributed by atoms with E-state index in [4.69, 9.17) is 5.73 Å². The van der Waals surface area contributed by atoms with Crippen LogP contribution in [0.15, 0.2) is 24.3 Å². The highest BCUT2D eigenvalue weighted by Gasteiger charge is 2.52. The monoisotopic (exact) mass is 437 g/mol. The maximum Gasteiger partial charge on any atom is 0.416 e. The highest BCUT2D eigenvalue weighted by molar-refractivity contribution is 5.81. The van der Waals surface area contributed by atoms with Crippen LogP contribution in [0.4, 0.5) is 13.2 Å². The van der Waals surface area contributed by atoms with Crippen molar-refractivity contribution in [1.82, 2.24) is 21.5 Å².